The highest BCUT2D eigenvalue weighted by Gasteiger charge is 2.07. The Balaban J connectivity index is 1.88. The number of ether oxygens (including phenoxy) is 2. The van der Waals surface area contributed by atoms with Crippen molar-refractivity contribution in [2.45, 2.75) is 6.42 Å². The number of anilines is 2. The van der Waals surface area contributed by atoms with Gasteiger partial charge in [-0.25, -0.2) is 0 Å². The maximum atomic E-state index is 11.9. The van der Waals surface area contributed by atoms with Crippen LogP contribution >= 0.6 is 11.6 Å². The summed E-state index contributed by atoms with van der Waals surface area (Å²) in [5.74, 6) is 1.32. The van der Waals surface area contributed by atoms with Gasteiger partial charge in [0.05, 0.1) is 19.9 Å². The molecule has 5 nitrogen and oxygen atoms in total. The molecule has 0 aliphatic rings. The largest absolute Gasteiger partial charge is 0.497 e. The molecule has 0 unspecified atom stereocenters. The minimum absolute atomic E-state index is 0.0957. The zero-order valence-corrected chi connectivity index (χ0v) is 13.8. The van der Waals surface area contributed by atoms with Crippen LogP contribution in [0.25, 0.3) is 0 Å². The lowest BCUT2D eigenvalue weighted by molar-refractivity contribution is -0.115. The van der Waals surface area contributed by atoms with E-state index in [2.05, 4.69) is 10.6 Å². The van der Waals surface area contributed by atoms with E-state index in [1.807, 2.05) is 18.2 Å². The van der Waals surface area contributed by atoms with E-state index in [0.717, 1.165) is 11.4 Å². The van der Waals surface area contributed by atoms with Gasteiger partial charge in [0, 0.05) is 29.7 Å². The Bertz CT molecular complexity index is 677. The van der Waals surface area contributed by atoms with E-state index >= 15 is 0 Å². The van der Waals surface area contributed by atoms with Crippen molar-refractivity contribution in [1.82, 2.24) is 0 Å². The first-order valence-electron chi connectivity index (χ1n) is 7.13. The molecule has 2 rings (SSSR count). The molecule has 0 aromatic heterocycles. The van der Waals surface area contributed by atoms with Gasteiger partial charge < -0.3 is 20.1 Å². The molecular formula is C17H19ClN2O3. The molecule has 0 fully saturated rings. The zero-order chi connectivity index (χ0) is 16.7. The van der Waals surface area contributed by atoms with Crippen LogP contribution in [0.15, 0.2) is 42.5 Å². The SMILES string of the molecule is COc1ccc(OC)c(NCCC(=O)Nc2cccc(Cl)c2)c1. The fraction of sp³-hybridized carbons (Fsp3) is 0.235. The molecule has 6 heteroatoms. The van der Waals surface area contributed by atoms with Crippen LogP contribution < -0.4 is 20.1 Å². The summed E-state index contributed by atoms with van der Waals surface area (Å²) in [6.45, 7) is 0.468. The lowest BCUT2D eigenvalue weighted by atomic mass is 10.2. The number of nitrogens with one attached hydrogen (secondary N) is 2. The van der Waals surface area contributed by atoms with Crippen molar-refractivity contribution in [3.05, 3.63) is 47.5 Å². The summed E-state index contributed by atoms with van der Waals surface area (Å²) in [5.41, 5.74) is 1.46. The van der Waals surface area contributed by atoms with E-state index in [-0.39, 0.29) is 5.91 Å². The van der Waals surface area contributed by atoms with E-state index in [0.29, 0.717) is 29.4 Å². The van der Waals surface area contributed by atoms with Crippen LogP contribution in [0.5, 0.6) is 11.5 Å². The maximum Gasteiger partial charge on any atom is 0.226 e. The van der Waals surface area contributed by atoms with Gasteiger partial charge in [0.15, 0.2) is 0 Å². The molecule has 23 heavy (non-hydrogen) atoms. The second-order valence-corrected chi connectivity index (χ2v) is 5.24. The number of halogens is 1. The maximum absolute atomic E-state index is 11.9. The Morgan fingerprint density at radius 2 is 1.96 bits per heavy atom. The summed E-state index contributed by atoms with van der Waals surface area (Å²) in [6.07, 6.45) is 0.312. The van der Waals surface area contributed by atoms with Gasteiger partial charge in [-0.05, 0) is 30.3 Å². The molecule has 0 heterocycles. The summed E-state index contributed by atoms with van der Waals surface area (Å²) < 4.78 is 10.5. The number of benzene rings is 2. The minimum atomic E-state index is -0.0957. The molecule has 122 valence electrons. The average Bonchev–Trinajstić information content (AvgIpc) is 2.54. The highest BCUT2D eigenvalue weighted by molar-refractivity contribution is 6.30. The van der Waals surface area contributed by atoms with Gasteiger partial charge >= 0.3 is 0 Å². The third-order valence-electron chi connectivity index (χ3n) is 3.18. The molecule has 0 radical (unpaired) electrons. The Morgan fingerprint density at radius 3 is 2.65 bits per heavy atom. The third kappa shape index (κ3) is 5.07. The highest BCUT2D eigenvalue weighted by Crippen LogP contribution is 2.28. The van der Waals surface area contributed by atoms with Gasteiger partial charge in [-0.2, -0.15) is 0 Å². The molecule has 0 atom stereocenters. The first-order valence-corrected chi connectivity index (χ1v) is 7.51. The number of amides is 1. The third-order valence-corrected chi connectivity index (χ3v) is 3.42. The van der Waals surface area contributed by atoms with Crippen molar-refractivity contribution in [1.29, 1.82) is 0 Å². The molecular weight excluding hydrogens is 316 g/mol. The number of hydrogen-bond acceptors (Lipinski definition) is 4. The van der Waals surface area contributed by atoms with E-state index in [1.165, 1.54) is 0 Å². The van der Waals surface area contributed by atoms with Crippen LogP contribution in [-0.4, -0.2) is 26.7 Å². The summed E-state index contributed by atoms with van der Waals surface area (Å²) in [6, 6.07) is 12.5. The minimum Gasteiger partial charge on any atom is -0.497 e. The van der Waals surface area contributed by atoms with Crippen molar-refractivity contribution >= 4 is 28.9 Å². The second-order valence-electron chi connectivity index (χ2n) is 4.80. The van der Waals surface area contributed by atoms with Gasteiger partial charge in [0.1, 0.15) is 11.5 Å². The van der Waals surface area contributed by atoms with E-state index in [4.69, 9.17) is 21.1 Å². The van der Waals surface area contributed by atoms with Crippen molar-refractivity contribution in [2.75, 3.05) is 31.4 Å². The Kier molecular flexibility index (Phi) is 6.11. The Hall–Kier alpha value is -2.40. The quantitative estimate of drug-likeness (QED) is 0.808. The van der Waals surface area contributed by atoms with Crippen LogP contribution in [0.2, 0.25) is 5.02 Å². The molecule has 2 aromatic rings. The Morgan fingerprint density at radius 1 is 1.13 bits per heavy atom. The fourth-order valence-electron chi connectivity index (χ4n) is 2.05. The van der Waals surface area contributed by atoms with E-state index in [9.17, 15) is 4.79 Å². The monoisotopic (exact) mass is 334 g/mol. The normalized spacial score (nSPS) is 10.0. The van der Waals surface area contributed by atoms with Gasteiger partial charge in [-0.3, -0.25) is 4.79 Å². The molecule has 1 amide bonds. The molecule has 0 saturated heterocycles. The van der Waals surface area contributed by atoms with Gasteiger partial charge in [0.2, 0.25) is 5.91 Å². The summed E-state index contributed by atoms with van der Waals surface area (Å²) in [4.78, 5) is 11.9. The molecule has 2 aromatic carbocycles. The predicted octanol–water partition coefficient (Wildman–Crippen LogP) is 3.80. The number of hydrogen-bond donors (Lipinski definition) is 2. The van der Waals surface area contributed by atoms with Crippen LogP contribution in [-0.2, 0) is 4.79 Å². The van der Waals surface area contributed by atoms with Gasteiger partial charge in [-0.15, -0.1) is 0 Å². The summed E-state index contributed by atoms with van der Waals surface area (Å²) in [7, 11) is 3.20. The Labute approximate surface area is 140 Å². The average molecular weight is 335 g/mol. The van der Waals surface area contributed by atoms with Crippen molar-refractivity contribution in [2.24, 2.45) is 0 Å². The van der Waals surface area contributed by atoms with Crippen LogP contribution in [0.4, 0.5) is 11.4 Å². The van der Waals surface area contributed by atoms with Crippen LogP contribution in [0.3, 0.4) is 0 Å². The lowest BCUT2D eigenvalue weighted by Crippen LogP contribution is -2.16. The van der Waals surface area contributed by atoms with Crippen molar-refractivity contribution in [3.63, 3.8) is 0 Å². The molecule has 0 saturated carbocycles. The topological polar surface area (TPSA) is 59.6 Å². The van der Waals surface area contributed by atoms with Crippen molar-refractivity contribution < 1.29 is 14.3 Å². The first-order chi connectivity index (χ1) is 11.1. The highest BCUT2D eigenvalue weighted by atomic mass is 35.5. The van der Waals surface area contributed by atoms with Crippen LogP contribution in [0.1, 0.15) is 6.42 Å². The van der Waals surface area contributed by atoms with Gasteiger partial charge in [0.25, 0.3) is 0 Å². The first kappa shape index (κ1) is 17.0. The summed E-state index contributed by atoms with van der Waals surface area (Å²) >= 11 is 5.89. The number of rotatable bonds is 7. The molecule has 0 aliphatic heterocycles. The zero-order valence-electron chi connectivity index (χ0n) is 13.1. The van der Waals surface area contributed by atoms with Gasteiger partial charge in [-0.1, -0.05) is 17.7 Å². The fourth-order valence-corrected chi connectivity index (χ4v) is 2.24. The number of carbonyl (C=O) groups excluding carboxylic acids is 1. The lowest BCUT2D eigenvalue weighted by Gasteiger charge is -2.12. The second kappa shape index (κ2) is 8.29. The number of methoxy groups -OCH3 is 2. The standard InChI is InChI=1S/C17H19ClN2O3/c1-22-14-6-7-16(23-2)15(11-14)19-9-8-17(21)20-13-5-3-4-12(18)10-13/h3-7,10-11,19H,8-9H2,1-2H3,(H,20,21). The van der Waals surface area contributed by atoms with Crippen molar-refractivity contribution in [3.8, 4) is 11.5 Å². The molecule has 0 spiro atoms. The van der Waals surface area contributed by atoms with E-state index in [1.54, 1.807) is 38.5 Å². The molecule has 2 N–H and O–H groups in total. The smallest absolute Gasteiger partial charge is 0.226 e. The number of carbonyl (C=O) groups is 1. The predicted molar refractivity (Wildman–Crippen MR) is 92.7 cm³/mol. The summed E-state index contributed by atoms with van der Waals surface area (Å²) in [5, 5.41) is 6.56. The van der Waals surface area contributed by atoms with Crippen LogP contribution in [0, 0.1) is 0 Å². The molecule has 0 aliphatic carbocycles. The molecule has 0 bridgehead atoms. The van der Waals surface area contributed by atoms with E-state index < -0.39 is 0 Å².